The zero-order valence-electron chi connectivity index (χ0n) is 11.4. The van der Waals surface area contributed by atoms with Gasteiger partial charge in [-0.1, -0.05) is 11.6 Å². The molecule has 1 aromatic heterocycles. The second-order valence-corrected chi connectivity index (χ2v) is 6.30. The molecule has 19 heavy (non-hydrogen) atoms. The van der Waals surface area contributed by atoms with Gasteiger partial charge in [-0.25, -0.2) is 0 Å². The largest absolute Gasteiger partial charge is 0.339 e. The number of rotatable bonds is 2. The lowest BCUT2D eigenvalue weighted by Gasteiger charge is -2.36. The van der Waals surface area contributed by atoms with Crippen LogP contribution < -0.4 is 5.32 Å². The summed E-state index contributed by atoms with van der Waals surface area (Å²) in [5.41, 5.74) is 0.744. The number of hydrogen-bond donors (Lipinski definition) is 1. The monoisotopic (exact) mass is 281 g/mol. The minimum absolute atomic E-state index is 0.110. The first-order valence-corrected chi connectivity index (χ1v) is 7.35. The van der Waals surface area contributed by atoms with Crippen LogP contribution in [0.15, 0.2) is 12.3 Å². The number of nitrogens with zero attached hydrogens (tertiary/aromatic N) is 2. The second kappa shape index (κ2) is 4.84. The highest BCUT2D eigenvalue weighted by molar-refractivity contribution is 6.31. The Bertz CT molecular complexity index is 485. The van der Waals surface area contributed by atoms with Gasteiger partial charge in [-0.15, -0.1) is 0 Å². The Labute approximate surface area is 118 Å². The standard InChI is InChI=1S/C14H20ClN3O/c1-9-6-17(7-10(2)16-9)14(19)13-5-11(15)8-18(13)12-3-4-12/h5,8-10,12,16H,3-4,6-7H2,1-2H3. The molecule has 1 aliphatic heterocycles. The lowest BCUT2D eigenvalue weighted by molar-refractivity contribution is 0.0662. The van der Waals surface area contributed by atoms with Crippen LogP contribution in [0.2, 0.25) is 5.02 Å². The van der Waals surface area contributed by atoms with E-state index in [0.29, 0.717) is 23.1 Å². The van der Waals surface area contributed by atoms with E-state index in [9.17, 15) is 4.79 Å². The van der Waals surface area contributed by atoms with Crippen LogP contribution in [-0.4, -0.2) is 40.5 Å². The van der Waals surface area contributed by atoms with Gasteiger partial charge < -0.3 is 14.8 Å². The molecule has 2 atom stereocenters. The third-order valence-electron chi connectivity index (χ3n) is 3.82. The van der Waals surface area contributed by atoms with Crippen molar-refractivity contribution in [2.75, 3.05) is 13.1 Å². The van der Waals surface area contributed by atoms with E-state index in [1.54, 1.807) is 6.07 Å². The Hall–Kier alpha value is -1.00. The van der Waals surface area contributed by atoms with Gasteiger partial charge >= 0.3 is 0 Å². The van der Waals surface area contributed by atoms with E-state index in [-0.39, 0.29) is 5.91 Å². The summed E-state index contributed by atoms with van der Waals surface area (Å²) in [6.07, 6.45) is 4.20. The SMILES string of the molecule is CC1CN(C(=O)c2cc(Cl)cn2C2CC2)CC(C)N1. The lowest BCUT2D eigenvalue weighted by Crippen LogP contribution is -2.56. The molecule has 1 amide bonds. The molecular formula is C14H20ClN3O. The zero-order chi connectivity index (χ0) is 13.6. The Morgan fingerprint density at radius 2 is 1.95 bits per heavy atom. The molecule has 2 aliphatic rings. The highest BCUT2D eigenvalue weighted by atomic mass is 35.5. The summed E-state index contributed by atoms with van der Waals surface area (Å²) in [6, 6.07) is 2.96. The highest BCUT2D eigenvalue weighted by Crippen LogP contribution is 2.37. The summed E-state index contributed by atoms with van der Waals surface area (Å²) < 4.78 is 2.06. The summed E-state index contributed by atoms with van der Waals surface area (Å²) >= 11 is 6.07. The van der Waals surface area contributed by atoms with E-state index in [0.717, 1.165) is 31.6 Å². The summed E-state index contributed by atoms with van der Waals surface area (Å²) in [4.78, 5) is 14.6. The molecule has 0 aromatic carbocycles. The summed E-state index contributed by atoms with van der Waals surface area (Å²) in [7, 11) is 0. The van der Waals surface area contributed by atoms with Gasteiger partial charge in [0.2, 0.25) is 0 Å². The Kier molecular flexibility index (Phi) is 3.31. The van der Waals surface area contributed by atoms with Crippen LogP contribution in [0.1, 0.15) is 43.2 Å². The van der Waals surface area contributed by atoms with Gasteiger partial charge in [0, 0.05) is 37.4 Å². The highest BCUT2D eigenvalue weighted by Gasteiger charge is 2.31. The summed E-state index contributed by atoms with van der Waals surface area (Å²) in [6.45, 7) is 5.75. The van der Waals surface area contributed by atoms with Gasteiger partial charge in [0.15, 0.2) is 0 Å². The molecule has 1 saturated heterocycles. The van der Waals surface area contributed by atoms with Gasteiger partial charge in [-0.2, -0.15) is 0 Å². The Morgan fingerprint density at radius 1 is 1.32 bits per heavy atom. The molecule has 104 valence electrons. The first-order valence-electron chi connectivity index (χ1n) is 6.97. The zero-order valence-corrected chi connectivity index (χ0v) is 12.2. The lowest BCUT2D eigenvalue weighted by atomic mass is 10.1. The molecule has 5 heteroatoms. The number of halogens is 1. The number of nitrogens with one attached hydrogen (secondary N) is 1. The molecule has 1 aliphatic carbocycles. The fourth-order valence-electron chi connectivity index (χ4n) is 2.93. The maximum absolute atomic E-state index is 12.7. The van der Waals surface area contributed by atoms with Crippen LogP contribution in [0.3, 0.4) is 0 Å². The van der Waals surface area contributed by atoms with Crippen molar-refractivity contribution in [3.05, 3.63) is 23.0 Å². The molecule has 0 radical (unpaired) electrons. The molecule has 0 bridgehead atoms. The number of amides is 1. The smallest absolute Gasteiger partial charge is 0.270 e. The first kappa shape index (κ1) is 13.0. The predicted octanol–water partition coefficient (Wildman–Crippen LogP) is 2.30. The molecule has 1 saturated carbocycles. The minimum Gasteiger partial charge on any atom is -0.339 e. The molecule has 2 fully saturated rings. The molecular weight excluding hydrogens is 262 g/mol. The quantitative estimate of drug-likeness (QED) is 0.903. The van der Waals surface area contributed by atoms with E-state index in [1.807, 2.05) is 11.1 Å². The topological polar surface area (TPSA) is 37.3 Å². The van der Waals surface area contributed by atoms with E-state index in [1.165, 1.54) is 0 Å². The molecule has 0 spiro atoms. The van der Waals surface area contributed by atoms with Crippen molar-refractivity contribution in [1.29, 1.82) is 0 Å². The minimum atomic E-state index is 0.110. The molecule has 1 N–H and O–H groups in total. The van der Waals surface area contributed by atoms with Crippen molar-refractivity contribution in [2.45, 2.75) is 44.8 Å². The van der Waals surface area contributed by atoms with Crippen LogP contribution >= 0.6 is 11.6 Å². The van der Waals surface area contributed by atoms with Crippen LogP contribution in [-0.2, 0) is 0 Å². The summed E-state index contributed by atoms with van der Waals surface area (Å²) in [5, 5.41) is 4.10. The third-order valence-corrected chi connectivity index (χ3v) is 4.03. The van der Waals surface area contributed by atoms with Gasteiger partial charge in [-0.05, 0) is 32.8 Å². The summed E-state index contributed by atoms with van der Waals surface area (Å²) in [5.74, 6) is 0.110. The van der Waals surface area contributed by atoms with Gasteiger partial charge in [-0.3, -0.25) is 4.79 Å². The van der Waals surface area contributed by atoms with Crippen molar-refractivity contribution >= 4 is 17.5 Å². The number of aromatic nitrogens is 1. The molecule has 2 unspecified atom stereocenters. The predicted molar refractivity (Wildman–Crippen MR) is 75.7 cm³/mol. The van der Waals surface area contributed by atoms with Gasteiger partial charge in [0.25, 0.3) is 5.91 Å². The van der Waals surface area contributed by atoms with Crippen LogP contribution in [0.5, 0.6) is 0 Å². The van der Waals surface area contributed by atoms with Crippen LogP contribution in [0.4, 0.5) is 0 Å². The van der Waals surface area contributed by atoms with E-state index < -0.39 is 0 Å². The van der Waals surface area contributed by atoms with Crippen molar-refractivity contribution in [1.82, 2.24) is 14.8 Å². The molecule has 3 rings (SSSR count). The fraction of sp³-hybridized carbons (Fsp3) is 0.643. The van der Waals surface area contributed by atoms with Gasteiger partial charge in [0.1, 0.15) is 5.69 Å². The first-order chi connectivity index (χ1) is 9.04. The average molecular weight is 282 g/mol. The Balaban J connectivity index is 1.83. The van der Waals surface area contributed by atoms with E-state index in [4.69, 9.17) is 11.6 Å². The normalized spacial score (nSPS) is 27.6. The van der Waals surface area contributed by atoms with Crippen molar-refractivity contribution in [3.63, 3.8) is 0 Å². The molecule has 2 heterocycles. The second-order valence-electron chi connectivity index (χ2n) is 5.86. The Morgan fingerprint density at radius 3 is 2.53 bits per heavy atom. The van der Waals surface area contributed by atoms with Crippen molar-refractivity contribution in [3.8, 4) is 0 Å². The average Bonchev–Trinajstić information content (AvgIpc) is 3.10. The van der Waals surface area contributed by atoms with Crippen LogP contribution in [0, 0.1) is 0 Å². The number of carbonyl (C=O) groups excluding carboxylic acids is 1. The number of carbonyl (C=O) groups is 1. The van der Waals surface area contributed by atoms with E-state index >= 15 is 0 Å². The fourth-order valence-corrected chi connectivity index (χ4v) is 3.13. The number of hydrogen-bond acceptors (Lipinski definition) is 2. The molecule has 4 nitrogen and oxygen atoms in total. The maximum atomic E-state index is 12.7. The van der Waals surface area contributed by atoms with Crippen molar-refractivity contribution < 1.29 is 4.79 Å². The van der Waals surface area contributed by atoms with E-state index in [2.05, 4.69) is 23.7 Å². The van der Waals surface area contributed by atoms with Gasteiger partial charge in [0.05, 0.1) is 5.02 Å². The molecule has 1 aromatic rings. The van der Waals surface area contributed by atoms with Crippen molar-refractivity contribution in [2.24, 2.45) is 0 Å². The maximum Gasteiger partial charge on any atom is 0.270 e. The third kappa shape index (κ3) is 2.65. The van der Waals surface area contributed by atoms with Crippen LogP contribution in [0.25, 0.3) is 0 Å². The number of piperazine rings is 1.